The van der Waals surface area contributed by atoms with Gasteiger partial charge in [-0.25, -0.2) is 0 Å². The van der Waals surface area contributed by atoms with Gasteiger partial charge in [0.1, 0.15) is 0 Å². The summed E-state index contributed by atoms with van der Waals surface area (Å²) in [5, 5.41) is 5.15. The van der Waals surface area contributed by atoms with Crippen LogP contribution in [0.3, 0.4) is 0 Å². The number of carbonyl (C=O) groups is 2. The first-order valence-electron chi connectivity index (χ1n) is 8.50. The second-order valence-electron chi connectivity index (χ2n) is 6.41. The molecule has 3 rings (SSSR count). The molecule has 6 heteroatoms. The molecule has 1 aromatic heterocycles. The zero-order valence-electron chi connectivity index (χ0n) is 13.8. The number of anilines is 1. The number of halogens is 1. The number of rotatable bonds is 5. The largest absolute Gasteiger partial charge is 0.369 e. The van der Waals surface area contributed by atoms with Gasteiger partial charge in [-0.1, -0.05) is 43.0 Å². The van der Waals surface area contributed by atoms with E-state index in [0.717, 1.165) is 30.6 Å². The van der Waals surface area contributed by atoms with Gasteiger partial charge in [0.15, 0.2) is 0 Å². The van der Waals surface area contributed by atoms with Crippen LogP contribution >= 0.6 is 22.9 Å². The number of hydrogen-bond donors (Lipinski definition) is 2. The minimum absolute atomic E-state index is 0.219. The molecule has 3 N–H and O–H groups in total. The van der Waals surface area contributed by atoms with Crippen LogP contribution < -0.4 is 11.1 Å². The summed E-state index contributed by atoms with van der Waals surface area (Å²) < 4.78 is 0. The van der Waals surface area contributed by atoms with Crippen molar-refractivity contribution >= 4 is 40.4 Å². The smallest absolute Gasteiger partial charge is 0.256 e. The van der Waals surface area contributed by atoms with Gasteiger partial charge in [0.25, 0.3) is 5.91 Å². The molecule has 2 amide bonds. The van der Waals surface area contributed by atoms with Gasteiger partial charge in [-0.2, -0.15) is 0 Å². The Morgan fingerprint density at radius 1 is 1.16 bits per heavy atom. The third-order valence-electron chi connectivity index (χ3n) is 4.77. The van der Waals surface area contributed by atoms with Crippen molar-refractivity contribution in [1.29, 1.82) is 0 Å². The van der Waals surface area contributed by atoms with Crippen LogP contribution in [0.1, 0.15) is 53.3 Å². The molecule has 0 radical (unpaired) electrons. The first-order valence-corrected chi connectivity index (χ1v) is 9.76. The van der Waals surface area contributed by atoms with E-state index in [2.05, 4.69) is 5.32 Å². The second kappa shape index (κ2) is 8.02. The lowest BCUT2D eigenvalue weighted by molar-refractivity contribution is -0.120. The third kappa shape index (κ3) is 4.05. The fourth-order valence-corrected chi connectivity index (χ4v) is 4.82. The summed E-state index contributed by atoms with van der Waals surface area (Å²) in [6.07, 6.45) is 5.39. The molecular formula is C19H21ClN2O2S. The molecule has 25 heavy (non-hydrogen) atoms. The normalized spacial score (nSPS) is 16.4. The monoisotopic (exact) mass is 376 g/mol. The average Bonchev–Trinajstić information content (AvgIpc) is 3.07. The molecule has 1 atom stereocenters. The van der Waals surface area contributed by atoms with E-state index < -0.39 is 5.92 Å². The molecule has 0 bridgehead atoms. The van der Waals surface area contributed by atoms with Gasteiger partial charge in [-0.15, -0.1) is 11.3 Å². The lowest BCUT2D eigenvalue weighted by Crippen LogP contribution is -2.30. The Bertz CT molecular complexity index is 768. The van der Waals surface area contributed by atoms with Gasteiger partial charge in [0, 0.05) is 4.88 Å². The summed E-state index contributed by atoms with van der Waals surface area (Å²) in [7, 11) is 0. The van der Waals surface area contributed by atoms with E-state index in [-0.39, 0.29) is 17.7 Å². The predicted octanol–water partition coefficient (Wildman–Crippen LogP) is 4.80. The van der Waals surface area contributed by atoms with Gasteiger partial charge >= 0.3 is 0 Å². The van der Waals surface area contributed by atoms with Gasteiger partial charge in [-0.05, 0) is 42.3 Å². The van der Waals surface area contributed by atoms with E-state index >= 15 is 0 Å². The number of benzene rings is 1. The minimum Gasteiger partial charge on any atom is -0.369 e. The van der Waals surface area contributed by atoms with E-state index in [0.29, 0.717) is 16.3 Å². The Morgan fingerprint density at radius 3 is 2.56 bits per heavy atom. The maximum atomic E-state index is 12.7. The highest BCUT2D eigenvalue weighted by Crippen LogP contribution is 2.39. The molecule has 0 spiro atoms. The molecule has 1 aliphatic rings. The fourth-order valence-electron chi connectivity index (χ4n) is 3.54. The zero-order chi connectivity index (χ0) is 17.8. The predicted molar refractivity (Wildman–Crippen MR) is 102 cm³/mol. The standard InChI is InChI=1S/C19H21ClN2O2S/c20-14-8-4-5-9-15(14)22-19(24)13-10-11-25-17(13)16(18(21)23)12-6-2-1-3-7-12/h4-5,8-12,16H,1-3,6-7H2,(H2,21,23)(H,22,24). The number of primary amides is 1. The lowest BCUT2D eigenvalue weighted by atomic mass is 9.78. The van der Waals surface area contributed by atoms with Crippen LogP contribution in [0.2, 0.25) is 5.02 Å². The van der Waals surface area contributed by atoms with Gasteiger partial charge in [0.2, 0.25) is 5.91 Å². The minimum atomic E-state index is -0.396. The molecule has 0 saturated heterocycles. The summed E-state index contributed by atoms with van der Waals surface area (Å²) in [5.74, 6) is -0.781. The summed E-state index contributed by atoms with van der Waals surface area (Å²) in [4.78, 5) is 25.7. The summed E-state index contributed by atoms with van der Waals surface area (Å²) in [6, 6.07) is 8.84. The van der Waals surface area contributed by atoms with Gasteiger partial charge < -0.3 is 11.1 Å². The van der Waals surface area contributed by atoms with Crippen LogP contribution in [-0.4, -0.2) is 11.8 Å². The first-order chi connectivity index (χ1) is 12.1. The van der Waals surface area contributed by atoms with Crippen LogP contribution in [0.15, 0.2) is 35.7 Å². The van der Waals surface area contributed by atoms with E-state index in [1.807, 2.05) is 11.4 Å². The molecule has 1 fully saturated rings. The molecular weight excluding hydrogens is 356 g/mol. The maximum absolute atomic E-state index is 12.7. The Balaban J connectivity index is 1.86. The molecule has 1 unspecified atom stereocenters. The topological polar surface area (TPSA) is 72.2 Å². The van der Waals surface area contributed by atoms with E-state index in [1.54, 1.807) is 24.3 Å². The highest BCUT2D eigenvalue weighted by atomic mass is 35.5. The molecule has 2 aromatic rings. The number of para-hydroxylation sites is 1. The molecule has 4 nitrogen and oxygen atoms in total. The molecule has 1 aromatic carbocycles. The molecule has 1 aliphatic carbocycles. The molecule has 0 aliphatic heterocycles. The summed E-state index contributed by atoms with van der Waals surface area (Å²) >= 11 is 7.55. The Kier molecular flexibility index (Phi) is 5.76. The highest BCUT2D eigenvalue weighted by Gasteiger charge is 2.33. The number of carbonyl (C=O) groups excluding carboxylic acids is 2. The Labute approximate surface area is 156 Å². The zero-order valence-corrected chi connectivity index (χ0v) is 15.4. The number of amides is 2. The van der Waals surface area contributed by atoms with E-state index in [1.165, 1.54) is 17.8 Å². The van der Waals surface area contributed by atoms with Crippen LogP contribution in [0.4, 0.5) is 5.69 Å². The van der Waals surface area contributed by atoms with Crippen molar-refractivity contribution in [2.24, 2.45) is 11.7 Å². The summed E-state index contributed by atoms with van der Waals surface area (Å²) in [6.45, 7) is 0. The van der Waals surface area contributed by atoms with Crippen LogP contribution in [0.5, 0.6) is 0 Å². The van der Waals surface area contributed by atoms with Crippen LogP contribution in [-0.2, 0) is 4.79 Å². The van der Waals surface area contributed by atoms with Crippen molar-refractivity contribution < 1.29 is 9.59 Å². The van der Waals surface area contributed by atoms with Crippen molar-refractivity contribution in [1.82, 2.24) is 0 Å². The fraction of sp³-hybridized carbons (Fsp3) is 0.368. The van der Waals surface area contributed by atoms with Crippen molar-refractivity contribution in [3.63, 3.8) is 0 Å². The number of nitrogens with two attached hydrogens (primary N) is 1. The molecule has 132 valence electrons. The second-order valence-corrected chi connectivity index (χ2v) is 7.77. The Morgan fingerprint density at radius 2 is 1.88 bits per heavy atom. The first kappa shape index (κ1) is 18.0. The highest BCUT2D eigenvalue weighted by molar-refractivity contribution is 7.10. The van der Waals surface area contributed by atoms with Gasteiger partial charge in [-0.3, -0.25) is 9.59 Å². The number of thiophene rings is 1. The van der Waals surface area contributed by atoms with Gasteiger partial charge in [0.05, 0.1) is 22.2 Å². The average molecular weight is 377 g/mol. The third-order valence-corrected chi connectivity index (χ3v) is 6.10. The molecule has 1 heterocycles. The lowest BCUT2D eigenvalue weighted by Gasteiger charge is -2.28. The van der Waals surface area contributed by atoms with Crippen molar-refractivity contribution in [3.05, 3.63) is 51.2 Å². The van der Waals surface area contributed by atoms with Crippen molar-refractivity contribution in [3.8, 4) is 0 Å². The van der Waals surface area contributed by atoms with E-state index in [9.17, 15) is 9.59 Å². The number of nitrogens with one attached hydrogen (secondary N) is 1. The summed E-state index contributed by atoms with van der Waals surface area (Å²) in [5.41, 5.74) is 6.79. The Hall–Kier alpha value is -1.85. The van der Waals surface area contributed by atoms with E-state index in [4.69, 9.17) is 17.3 Å². The van der Waals surface area contributed by atoms with Crippen LogP contribution in [0.25, 0.3) is 0 Å². The van der Waals surface area contributed by atoms with Crippen molar-refractivity contribution in [2.45, 2.75) is 38.0 Å². The van der Waals surface area contributed by atoms with Crippen LogP contribution in [0, 0.1) is 5.92 Å². The maximum Gasteiger partial charge on any atom is 0.256 e. The molecule has 1 saturated carbocycles. The SMILES string of the molecule is NC(=O)C(c1sccc1C(=O)Nc1ccccc1Cl)C1CCCCC1. The quantitative estimate of drug-likeness (QED) is 0.786. The number of hydrogen-bond acceptors (Lipinski definition) is 3. The van der Waals surface area contributed by atoms with Crippen molar-refractivity contribution in [2.75, 3.05) is 5.32 Å².